The highest BCUT2D eigenvalue weighted by Crippen LogP contribution is 2.28. The number of aromatic nitrogens is 2. The molecule has 0 aliphatic heterocycles. The number of carbonyl (C=O) groups is 2. The summed E-state index contributed by atoms with van der Waals surface area (Å²) in [6.07, 6.45) is 8.34. The van der Waals surface area contributed by atoms with Crippen LogP contribution in [0.3, 0.4) is 0 Å². The zero-order valence-electron chi connectivity index (χ0n) is 13.0. The van der Waals surface area contributed by atoms with Crippen LogP contribution >= 0.6 is 0 Å². The fourth-order valence-electron chi connectivity index (χ4n) is 3.37. The molecule has 0 bridgehead atoms. The van der Waals surface area contributed by atoms with Crippen molar-refractivity contribution in [2.45, 2.75) is 50.5 Å². The van der Waals surface area contributed by atoms with Crippen molar-refractivity contribution < 1.29 is 14.7 Å². The molecule has 6 heteroatoms. The van der Waals surface area contributed by atoms with E-state index in [0.29, 0.717) is 12.8 Å². The molecule has 6 nitrogen and oxygen atoms in total. The first-order valence-electron chi connectivity index (χ1n) is 8.06. The van der Waals surface area contributed by atoms with E-state index in [1.54, 1.807) is 12.4 Å². The number of hydrogen-bond donors (Lipinski definition) is 3. The second-order valence-corrected chi connectivity index (χ2v) is 6.24. The first kappa shape index (κ1) is 15.5. The van der Waals surface area contributed by atoms with Gasteiger partial charge in [0.15, 0.2) is 0 Å². The Bertz CT molecular complexity index is 715. The number of nitrogens with zero attached hydrogens (tertiary/aromatic N) is 1. The number of pyridine rings is 1. The Morgan fingerprint density at radius 3 is 2.70 bits per heavy atom. The number of amides is 1. The minimum absolute atomic E-state index is 0.153. The third kappa shape index (κ3) is 3.21. The highest BCUT2D eigenvalue weighted by molar-refractivity contribution is 5.91. The van der Waals surface area contributed by atoms with E-state index in [9.17, 15) is 14.7 Å². The van der Waals surface area contributed by atoms with Crippen LogP contribution in [0.4, 0.5) is 0 Å². The molecule has 3 rings (SSSR count). The van der Waals surface area contributed by atoms with Gasteiger partial charge in [-0.3, -0.25) is 4.79 Å². The van der Waals surface area contributed by atoms with Gasteiger partial charge in [0, 0.05) is 17.8 Å². The topological polar surface area (TPSA) is 95.1 Å². The monoisotopic (exact) mass is 315 g/mol. The summed E-state index contributed by atoms with van der Waals surface area (Å²) >= 11 is 0. The maximum Gasteiger partial charge on any atom is 0.329 e. The van der Waals surface area contributed by atoms with Crippen molar-refractivity contribution in [3.8, 4) is 0 Å². The number of carboxylic acids is 1. The third-order valence-corrected chi connectivity index (χ3v) is 4.63. The van der Waals surface area contributed by atoms with Crippen LogP contribution in [0.5, 0.6) is 0 Å². The van der Waals surface area contributed by atoms with Crippen molar-refractivity contribution in [1.82, 2.24) is 15.3 Å². The average molecular weight is 315 g/mol. The molecule has 1 saturated carbocycles. The van der Waals surface area contributed by atoms with Gasteiger partial charge in [-0.05, 0) is 30.5 Å². The van der Waals surface area contributed by atoms with Gasteiger partial charge in [0.05, 0.1) is 6.42 Å². The number of aromatic amines is 1. The van der Waals surface area contributed by atoms with Crippen molar-refractivity contribution in [3.05, 3.63) is 30.1 Å². The van der Waals surface area contributed by atoms with Gasteiger partial charge in [0.2, 0.25) is 5.91 Å². The van der Waals surface area contributed by atoms with Crippen molar-refractivity contribution in [2.24, 2.45) is 0 Å². The largest absolute Gasteiger partial charge is 0.480 e. The van der Waals surface area contributed by atoms with E-state index in [4.69, 9.17) is 0 Å². The number of carboxylic acid groups (broad SMARTS) is 1. The zero-order valence-corrected chi connectivity index (χ0v) is 13.0. The number of rotatable bonds is 4. The summed E-state index contributed by atoms with van der Waals surface area (Å²) in [5, 5.41) is 13.3. The van der Waals surface area contributed by atoms with E-state index in [2.05, 4.69) is 15.3 Å². The molecule has 1 amide bonds. The molecule has 0 radical (unpaired) electrons. The Balaban J connectivity index is 1.75. The summed E-state index contributed by atoms with van der Waals surface area (Å²) in [4.78, 5) is 31.4. The molecular weight excluding hydrogens is 294 g/mol. The predicted octanol–water partition coefficient (Wildman–Crippen LogP) is 2.40. The lowest BCUT2D eigenvalue weighted by Crippen LogP contribution is -2.54. The van der Waals surface area contributed by atoms with Gasteiger partial charge in [-0.2, -0.15) is 0 Å². The van der Waals surface area contributed by atoms with Gasteiger partial charge in [-0.25, -0.2) is 9.78 Å². The van der Waals surface area contributed by atoms with Crippen LogP contribution in [0.25, 0.3) is 11.0 Å². The molecule has 23 heavy (non-hydrogen) atoms. The molecule has 0 aromatic carbocycles. The van der Waals surface area contributed by atoms with Gasteiger partial charge >= 0.3 is 5.97 Å². The highest BCUT2D eigenvalue weighted by Gasteiger charge is 2.39. The standard InChI is InChI=1S/C17H21N3O3/c21-14(10-12-11-19-15-13(12)6-5-9-18-15)20-17(16(22)23)7-3-1-2-4-8-17/h5-6,9,11H,1-4,7-8,10H2,(H,18,19)(H,20,21)(H,22,23). The van der Waals surface area contributed by atoms with Crippen LogP contribution in [-0.4, -0.2) is 32.5 Å². The lowest BCUT2D eigenvalue weighted by atomic mass is 9.90. The lowest BCUT2D eigenvalue weighted by Gasteiger charge is -2.29. The minimum atomic E-state index is -1.11. The van der Waals surface area contributed by atoms with Crippen LogP contribution in [-0.2, 0) is 16.0 Å². The number of nitrogens with one attached hydrogen (secondary N) is 2. The molecular formula is C17H21N3O3. The Hall–Kier alpha value is -2.37. The Morgan fingerprint density at radius 1 is 1.26 bits per heavy atom. The summed E-state index contributed by atoms with van der Waals surface area (Å²) in [5.41, 5.74) is 0.454. The van der Waals surface area contributed by atoms with Crippen LogP contribution in [0.15, 0.2) is 24.5 Å². The lowest BCUT2D eigenvalue weighted by molar-refractivity contribution is -0.148. The molecule has 1 fully saturated rings. The van der Waals surface area contributed by atoms with Crippen LogP contribution in [0, 0.1) is 0 Å². The summed E-state index contributed by atoms with van der Waals surface area (Å²) in [7, 11) is 0. The normalized spacial score (nSPS) is 17.6. The Kier molecular flexibility index (Phi) is 4.32. The molecule has 2 aromatic heterocycles. The Labute approximate surface area is 134 Å². The average Bonchev–Trinajstić information content (AvgIpc) is 2.77. The smallest absolute Gasteiger partial charge is 0.329 e. The second kappa shape index (κ2) is 6.40. The number of aliphatic carboxylic acids is 1. The summed E-state index contributed by atoms with van der Waals surface area (Å²) < 4.78 is 0. The van der Waals surface area contributed by atoms with E-state index in [0.717, 1.165) is 42.3 Å². The number of carbonyl (C=O) groups excluding carboxylic acids is 1. The van der Waals surface area contributed by atoms with Crippen molar-refractivity contribution in [3.63, 3.8) is 0 Å². The Morgan fingerprint density at radius 2 is 2.00 bits per heavy atom. The van der Waals surface area contributed by atoms with E-state index in [1.165, 1.54) is 0 Å². The third-order valence-electron chi connectivity index (χ3n) is 4.63. The first-order chi connectivity index (χ1) is 11.1. The van der Waals surface area contributed by atoms with Crippen molar-refractivity contribution in [1.29, 1.82) is 0 Å². The van der Waals surface area contributed by atoms with Gasteiger partial charge in [-0.15, -0.1) is 0 Å². The van der Waals surface area contributed by atoms with E-state index in [1.807, 2.05) is 12.1 Å². The molecule has 2 heterocycles. The summed E-state index contributed by atoms with van der Waals surface area (Å²) in [6, 6.07) is 3.72. The fraction of sp³-hybridized carbons (Fsp3) is 0.471. The molecule has 2 aromatic rings. The predicted molar refractivity (Wildman–Crippen MR) is 86.0 cm³/mol. The molecule has 0 spiro atoms. The van der Waals surface area contributed by atoms with Gasteiger partial charge in [-0.1, -0.05) is 25.7 Å². The van der Waals surface area contributed by atoms with E-state index < -0.39 is 11.5 Å². The molecule has 122 valence electrons. The SMILES string of the molecule is O=C(Cc1c[nH]c2ncccc12)NC1(C(=O)O)CCCCCC1. The highest BCUT2D eigenvalue weighted by atomic mass is 16.4. The van der Waals surface area contributed by atoms with E-state index in [-0.39, 0.29) is 12.3 Å². The van der Waals surface area contributed by atoms with Crippen LogP contribution < -0.4 is 5.32 Å². The molecule has 1 aliphatic carbocycles. The summed E-state index contributed by atoms with van der Waals surface area (Å²) in [6.45, 7) is 0. The van der Waals surface area contributed by atoms with Crippen LogP contribution in [0.1, 0.15) is 44.1 Å². The molecule has 0 atom stereocenters. The zero-order chi connectivity index (χ0) is 16.3. The molecule has 0 saturated heterocycles. The number of hydrogen-bond acceptors (Lipinski definition) is 3. The molecule has 3 N–H and O–H groups in total. The van der Waals surface area contributed by atoms with Crippen molar-refractivity contribution in [2.75, 3.05) is 0 Å². The van der Waals surface area contributed by atoms with Crippen molar-refractivity contribution >= 4 is 22.9 Å². The number of fused-ring (bicyclic) bond motifs is 1. The maximum absolute atomic E-state index is 12.4. The molecule has 0 unspecified atom stereocenters. The fourth-order valence-corrected chi connectivity index (χ4v) is 3.37. The second-order valence-electron chi connectivity index (χ2n) is 6.24. The van der Waals surface area contributed by atoms with E-state index >= 15 is 0 Å². The van der Waals surface area contributed by atoms with Crippen LogP contribution in [0.2, 0.25) is 0 Å². The minimum Gasteiger partial charge on any atom is -0.480 e. The number of H-pyrrole nitrogens is 1. The van der Waals surface area contributed by atoms with Gasteiger partial charge in [0.25, 0.3) is 0 Å². The molecule has 1 aliphatic rings. The first-order valence-corrected chi connectivity index (χ1v) is 8.06. The maximum atomic E-state index is 12.4. The summed E-state index contributed by atoms with van der Waals surface area (Å²) in [5.74, 6) is -1.17. The van der Waals surface area contributed by atoms with Gasteiger partial charge in [0.1, 0.15) is 11.2 Å². The quantitative estimate of drug-likeness (QED) is 0.755. The van der Waals surface area contributed by atoms with Gasteiger partial charge < -0.3 is 15.4 Å².